The topological polar surface area (TPSA) is 79.1 Å². The molecule has 102 valence electrons. The Kier molecular flexibility index (Phi) is 2.85. The molecule has 0 amide bonds. The van der Waals surface area contributed by atoms with Gasteiger partial charge in [0.2, 0.25) is 0 Å². The zero-order valence-corrected chi connectivity index (χ0v) is 11.4. The van der Waals surface area contributed by atoms with Crippen LogP contribution in [0.5, 0.6) is 0 Å². The normalized spacial score (nSPS) is 19.4. The van der Waals surface area contributed by atoms with E-state index in [-0.39, 0.29) is 11.5 Å². The average molecular weight is 260 g/mol. The highest BCUT2D eigenvalue weighted by molar-refractivity contribution is 5.77. The van der Waals surface area contributed by atoms with Gasteiger partial charge in [0.1, 0.15) is 5.82 Å². The van der Waals surface area contributed by atoms with Crippen molar-refractivity contribution in [3.05, 3.63) is 29.6 Å². The summed E-state index contributed by atoms with van der Waals surface area (Å²) in [6.07, 6.45) is 0. The molecule has 5 nitrogen and oxygen atoms in total. The number of rotatable bonds is 3. The molecule has 5 heteroatoms. The molecule has 2 aromatic rings. The number of hydrogen-bond donors (Lipinski definition) is 2. The first-order valence-electron chi connectivity index (χ1n) is 6.54. The van der Waals surface area contributed by atoms with Gasteiger partial charge in [-0.15, -0.1) is 0 Å². The zero-order chi connectivity index (χ0) is 13.6. The molecule has 0 radical (unpaired) electrons. The molecule has 3 rings (SSSR count). The van der Waals surface area contributed by atoms with Crippen molar-refractivity contribution in [1.29, 1.82) is 0 Å². The molecule has 1 aliphatic rings. The molecule has 1 unspecified atom stereocenters. The van der Waals surface area contributed by atoms with Crippen LogP contribution in [0.25, 0.3) is 11.0 Å². The van der Waals surface area contributed by atoms with E-state index in [1.165, 1.54) is 0 Å². The van der Waals surface area contributed by atoms with Gasteiger partial charge in [-0.2, -0.15) is 0 Å². The summed E-state index contributed by atoms with van der Waals surface area (Å²) in [5.41, 5.74) is 15.3. The molecular formula is C14H20N4O. The summed E-state index contributed by atoms with van der Waals surface area (Å²) < 4.78 is 7.38. The number of nitrogens with zero attached hydrogens (tertiary/aromatic N) is 2. The highest BCUT2D eigenvalue weighted by Crippen LogP contribution is 2.38. The average Bonchev–Trinajstić information content (AvgIpc) is 2.64. The summed E-state index contributed by atoms with van der Waals surface area (Å²) in [6, 6.07) is 6.12. The first-order valence-corrected chi connectivity index (χ1v) is 6.54. The fourth-order valence-corrected chi connectivity index (χ4v) is 2.67. The largest absolute Gasteiger partial charge is 0.380 e. The molecule has 0 aliphatic carbocycles. The lowest BCUT2D eigenvalue weighted by Crippen LogP contribution is -2.54. The Hall–Kier alpha value is -1.43. The Morgan fingerprint density at radius 3 is 2.79 bits per heavy atom. The standard InChI is InChI=1S/C14H20N4O/c1-9-17-11-5-10(3-4-12(11)18(9)2)13(16)14(6-15)7-19-8-14/h3-5,13H,6-8,15-16H2,1-2H3. The van der Waals surface area contributed by atoms with Crippen LogP contribution >= 0.6 is 0 Å². The van der Waals surface area contributed by atoms with Gasteiger partial charge in [-0.05, 0) is 24.6 Å². The SMILES string of the molecule is Cc1nc2cc(C(N)C3(CN)COC3)ccc2n1C. The number of benzene rings is 1. The summed E-state index contributed by atoms with van der Waals surface area (Å²) >= 11 is 0. The van der Waals surface area contributed by atoms with Crippen molar-refractivity contribution in [3.8, 4) is 0 Å². The van der Waals surface area contributed by atoms with Crippen LogP contribution in [-0.2, 0) is 11.8 Å². The van der Waals surface area contributed by atoms with Crippen molar-refractivity contribution >= 4 is 11.0 Å². The maximum absolute atomic E-state index is 6.39. The molecule has 0 spiro atoms. The van der Waals surface area contributed by atoms with E-state index < -0.39 is 0 Å². The van der Waals surface area contributed by atoms with E-state index in [9.17, 15) is 0 Å². The number of aryl methyl sites for hydroxylation is 2. The molecule has 4 N–H and O–H groups in total. The van der Waals surface area contributed by atoms with Gasteiger partial charge >= 0.3 is 0 Å². The van der Waals surface area contributed by atoms with Crippen LogP contribution in [0.15, 0.2) is 18.2 Å². The van der Waals surface area contributed by atoms with Gasteiger partial charge in [0.25, 0.3) is 0 Å². The van der Waals surface area contributed by atoms with Crippen molar-refractivity contribution in [2.24, 2.45) is 23.9 Å². The zero-order valence-electron chi connectivity index (χ0n) is 11.4. The monoisotopic (exact) mass is 260 g/mol. The minimum Gasteiger partial charge on any atom is -0.380 e. The summed E-state index contributed by atoms with van der Waals surface area (Å²) in [5, 5.41) is 0. The molecule has 0 saturated carbocycles. The fraction of sp³-hybridized carbons (Fsp3) is 0.500. The third-order valence-corrected chi connectivity index (χ3v) is 4.33. The van der Waals surface area contributed by atoms with Gasteiger partial charge in [-0.25, -0.2) is 4.98 Å². The third-order valence-electron chi connectivity index (χ3n) is 4.33. The number of aromatic nitrogens is 2. The van der Waals surface area contributed by atoms with Crippen LogP contribution in [0, 0.1) is 12.3 Å². The Balaban J connectivity index is 2.01. The van der Waals surface area contributed by atoms with Crippen molar-refractivity contribution in [3.63, 3.8) is 0 Å². The van der Waals surface area contributed by atoms with Gasteiger partial charge < -0.3 is 20.8 Å². The van der Waals surface area contributed by atoms with Gasteiger partial charge in [-0.3, -0.25) is 0 Å². The Bertz CT molecular complexity index is 610. The molecule has 1 saturated heterocycles. The molecule has 2 heterocycles. The third kappa shape index (κ3) is 1.77. The maximum atomic E-state index is 6.39. The van der Waals surface area contributed by atoms with E-state index in [1.807, 2.05) is 14.0 Å². The molecule has 19 heavy (non-hydrogen) atoms. The first kappa shape index (κ1) is 12.6. The second-order valence-electron chi connectivity index (χ2n) is 5.50. The summed E-state index contributed by atoms with van der Waals surface area (Å²) in [4.78, 5) is 4.55. The fourth-order valence-electron chi connectivity index (χ4n) is 2.67. The molecule has 1 aliphatic heterocycles. The second-order valence-corrected chi connectivity index (χ2v) is 5.50. The van der Waals surface area contributed by atoms with Crippen LogP contribution in [0.1, 0.15) is 17.4 Å². The van der Waals surface area contributed by atoms with Gasteiger partial charge in [0.05, 0.1) is 24.2 Å². The van der Waals surface area contributed by atoms with Crippen molar-refractivity contribution in [2.75, 3.05) is 19.8 Å². The first-order chi connectivity index (χ1) is 9.07. The number of ether oxygens (including phenoxy) is 1. The van der Waals surface area contributed by atoms with Crippen molar-refractivity contribution in [1.82, 2.24) is 9.55 Å². The maximum Gasteiger partial charge on any atom is 0.106 e. The molecule has 1 aromatic heterocycles. The van der Waals surface area contributed by atoms with Gasteiger partial charge in [-0.1, -0.05) is 6.07 Å². The summed E-state index contributed by atoms with van der Waals surface area (Å²) in [6.45, 7) is 3.84. The van der Waals surface area contributed by atoms with E-state index in [4.69, 9.17) is 16.2 Å². The lowest BCUT2D eigenvalue weighted by atomic mass is 9.75. The number of nitrogens with two attached hydrogens (primary N) is 2. The minimum absolute atomic E-state index is 0.0991. The quantitative estimate of drug-likeness (QED) is 0.857. The van der Waals surface area contributed by atoms with E-state index in [1.54, 1.807) is 0 Å². The number of fused-ring (bicyclic) bond motifs is 1. The number of hydrogen-bond acceptors (Lipinski definition) is 4. The van der Waals surface area contributed by atoms with E-state index >= 15 is 0 Å². The summed E-state index contributed by atoms with van der Waals surface area (Å²) in [5.74, 6) is 1.00. The number of imidazole rings is 1. The van der Waals surface area contributed by atoms with Crippen LogP contribution in [0.2, 0.25) is 0 Å². The van der Waals surface area contributed by atoms with E-state index in [0.717, 1.165) is 22.4 Å². The Morgan fingerprint density at radius 2 is 2.21 bits per heavy atom. The molecule has 1 atom stereocenters. The molecule has 0 bridgehead atoms. The van der Waals surface area contributed by atoms with Gasteiger partial charge in [0, 0.05) is 25.0 Å². The van der Waals surface area contributed by atoms with Crippen LogP contribution in [0.3, 0.4) is 0 Å². The Labute approximate surface area is 112 Å². The predicted molar refractivity (Wildman–Crippen MR) is 74.7 cm³/mol. The lowest BCUT2D eigenvalue weighted by molar-refractivity contribution is -0.121. The smallest absolute Gasteiger partial charge is 0.106 e. The predicted octanol–water partition coefficient (Wildman–Crippen LogP) is 0.857. The molecular weight excluding hydrogens is 240 g/mol. The van der Waals surface area contributed by atoms with E-state index in [0.29, 0.717) is 19.8 Å². The van der Waals surface area contributed by atoms with Crippen LogP contribution in [-0.4, -0.2) is 29.3 Å². The summed E-state index contributed by atoms with van der Waals surface area (Å²) in [7, 11) is 2.02. The molecule has 1 fully saturated rings. The molecule has 1 aromatic carbocycles. The van der Waals surface area contributed by atoms with E-state index in [2.05, 4.69) is 27.8 Å². The second kappa shape index (κ2) is 4.30. The van der Waals surface area contributed by atoms with Crippen LogP contribution in [0.4, 0.5) is 0 Å². The lowest BCUT2D eigenvalue weighted by Gasteiger charge is -2.45. The van der Waals surface area contributed by atoms with Gasteiger partial charge in [0.15, 0.2) is 0 Å². The van der Waals surface area contributed by atoms with Crippen LogP contribution < -0.4 is 11.5 Å². The Morgan fingerprint density at radius 1 is 1.47 bits per heavy atom. The minimum atomic E-state index is -0.114. The highest BCUT2D eigenvalue weighted by Gasteiger charge is 2.43. The van der Waals surface area contributed by atoms with Crippen molar-refractivity contribution < 1.29 is 4.74 Å². The highest BCUT2D eigenvalue weighted by atomic mass is 16.5. The van der Waals surface area contributed by atoms with Crippen molar-refractivity contribution in [2.45, 2.75) is 13.0 Å².